The molecule has 4 aliphatic carbocycles. The SMILES string of the molecule is C[C@]12CCCCC1CC[C@@H]1[C@@H]2CC[C@]2(C)C(=O)[C@@H](Br)C[C@@H]12. The average Bonchev–Trinajstić information content (AvgIpc) is 2.70. The van der Waals surface area contributed by atoms with E-state index in [0.717, 1.165) is 30.6 Å². The van der Waals surface area contributed by atoms with Crippen LogP contribution in [0.1, 0.15) is 71.6 Å². The lowest BCUT2D eigenvalue weighted by atomic mass is 9.45. The molecule has 1 nitrogen and oxygen atoms in total. The molecule has 0 radical (unpaired) electrons. The first-order chi connectivity index (χ1) is 9.97. The molecule has 7 atom stereocenters. The monoisotopic (exact) mass is 352 g/mol. The van der Waals surface area contributed by atoms with Gasteiger partial charge in [0.05, 0.1) is 4.83 Å². The van der Waals surface area contributed by atoms with Gasteiger partial charge in [0.2, 0.25) is 0 Å². The third-order valence-corrected chi connectivity index (χ3v) is 9.07. The van der Waals surface area contributed by atoms with E-state index in [1.807, 2.05) is 0 Å². The number of carbonyl (C=O) groups is 1. The van der Waals surface area contributed by atoms with Gasteiger partial charge in [-0.15, -0.1) is 0 Å². The van der Waals surface area contributed by atoms with E-state index in [0.29, 0.717) is 17.1 Å². The second kappa shape index (κ2) is 4.82. The van der Waals surface area contributed by atoms with E-state index in [-0.39, 0.29) is 10.2 Å². The van der Waals surface area contributed by atoms with Gasteiger partial charge in [-0.05, 0) is 74.0 Å². The summed E-state index contributed by atoms with van der Waals surface area (Å²) in [4.78, 5) is 12.8. The van der Waals surface area contributed by atoms with Crippen LogP contribution >= 0.6 is 15.9 Å². The summed E-state index contributed by atoms with van der Waals surface area (Å²) in [5, 5.41) is 0. The number of ketones is 1. The normalized spacial score (nSPS) is 56.5. The van der Waals surface area contributed by atoms with E-state index >= 15 is 0 Å². The molecule has 4 fully saturated rings. The molecule has 0 saturated heterocycles. The summed E-state index contributed by atoms with van der Waals surface area (Å²) in [6.07, 6.45) is 12.2. The van der Waals surface area contributed by atoms with Crippen molar-refractivity contribution < 1.29 is 4.79 Å². The van der Waals surface area contributed by atoms with Crippen molar-refractivity contribution in [3.8, 4) is 0 Å². The van der Waals surface area contributed by atoms with Crippen LogP contribution in [0.2, 0.25) is 0 Å². The summed E-state index contributed by atoms with van der Waals surface area (Å²) in [5.74, 6) is 3.89. The van der Waals surface area contributed by atoms with Crippen LogP contribution in [0.3, 0.4) is 0 Å². The Kier molecular flexibility index (Phi) is 3.38. The Labute approximate surface area is 137 Å². The molecule has 0 aromatic carbocycles. The highest BCUT2D eigenvalue weighted by Gasteiger charge is 2.61. The zero-order valence-electron chi connectivity index (χ0n) is 13.5. The van der Waals surface area contributed by atoms with Crippen molar-refractivity contribution in [1.82, 2.24) is 0 Å². The molecule has 0 spiro atoms. The van der Waals surface area contributed by atoms with E-state index in [4.69, 9.17) is 0 Å². The number of halogens is 1. The van der Waals surface area contributed by atoms with Crippen molar-refractivity contribution in [3.05, 3.63) is 0 Å². The Bertz CT molecular complexity index is 460. The maximum Gasteiger partial charge on any atom is 0.152 e. The van der Waals surface area contributed by atoms with Gasteiger partial charge < -0.3 is 0 Å². The van der Waals surface area contributed by atoms with Crippen LogP contribution in [-0.2, 0) is 4.79 Å². The fourth-order valence-electron chi connectivity index (χ4n) is 7.04. The van der Waals surface area contributed by atoms with Crippen molar-refractivity contribution in [2.75, 3.05) is 0 Å². The summed E-state index contributed by atoms with van der Waals surface area (Å²) in [5.41, 5.74) is 0.586. The molecule has 0 aromatic heterocycles. The molecule has 0 N–H and O–H groups in total. The first-order valence-corrected chi connectivity index (χ1v) is 10.1. The Morgan fingerprint density at radius 3 is 2.62 bits per heavy atom. The third-order valence-electron chi connectivity index (χ3n) is 8.28. The van der Waals surface area contributed by atoms with Crippen LogP contribution in [0.25, 0.3) is 0 Å². The molecular weight excluding hydrogens is 324 g/mol. The topological polar surface area (TPSA) is 17.1 Å². The molecular formula is C19H29BrO. The Morgan fingerprint density at radius 1 is 1.00 bits per heavy atom. The van der Waals surface area contributed by atoms with Gasteiger partial charge in [-0.1, -0.05) is 42.6 Å². The minimum Gasteiger partial charge on any atom is -0.298 e. The number of alkyl halides is 1. The molecule has 1 unspecified atom stereocenters. The van der Waals surface area contributed by atoms with E-state index in [2.05, 4.69) is 29.8 Å². The van der Waals surface area contributed by atoms with E-state index in [1.54, 1.807) is 0 Å². The van der Waals surface area contributed by atoms with Crippen LogP contribution in [0.15, 0.2) is 0 Å². The van der Waals surface area contributed by atoms with Crippen LogP contribution in [-0.4, -0.2) is 10.6 Å². The molecule has 4 saturated carbocycles. The van der Waals surface area contributed by atoms with E-state index < -0.39 is 0 Å². The number of hydrogen-bond donors (Lipinski definition) is 0. The van der Waals surface area contributed by atoms with Crippen molar-refractivity contribution in [1.29, 1.82) is 0 Å². The minimum absolute atomic E-state index is 0.00675. The smallest absolute Gasteiger partial charge is 0.152 e. The van der Waals surface area contributed by atoms with Gasteiger partial charge in [0.15, 0.2) is 5.78 Å². The van der Waals surface area contributed by atoms with Gasteiger partial charge in [0, 0.05) is 5.41 Å². The predicted octanol–water partition coefficient (Wildman–Crippen LogP) is 5.36. The molecule has 0 aliphatic heterocycles. The van der Waals surface area contributed by atoms with E-state index in [9.17, 15) is 4.79 Å². The summed E-state index contributed by atoms with van der Waals surface area (Å²) < 4.78 is 0. The molecule has 0 aromatic rings. The maximum absolute atomic E-state index is 12.7. The number of hydrogen-bond acceptors (Lipinski definition) is 1. The van der Waals surface area contributed by atoms with Crippen LogP contribution in [0.4, 0.5) is 0 Å². The van der Waals surface area contributed by atoms with Crippen LogP contribution < -0.4 is 0 Å². The van der Waals surface area contributed by atoms with Gasteiger partial charge in [-0.2, -0.15) is 0 Å². The molecule has 0 amide bonds. The van der Waals surface area contributed by atoms with Crippen molar-refractivity contribution in [2.24, 2.45) is 34.5 Å². The molecule has 0 bridgehead atoms. The second-order valence-corrected chi connectivity index (χ2v) is 10.0. The Hall–Kier alpha value is 0.150. The fraction of sp³-hybridized carbons (Fsp3) is 0.947. The van der Waals surface area contributed by atoms with Crippen molar-refractivity contribution in [2.45, 2.75) is 76.5 Å². The third kappa shape index (κ3) is 1.90. The van der Waals surface area contributed by atoms with Gasteiger partial charge in [0.25, 0.3) is 0 Å². The molecule has 4 rings (SSSR count). The van der Waals surface area contributed by atoms with Gasteiger partial charge in [-0.25, -0.2) is 0 Å². The molecule has 4 aliphatic rings. The highest BCUT2D eigenvalue weighted by molar-refractivity contribution is 9.10. The van der Waals surface area contributed by atoms with Gasteiger partial charge in [0.1, 0.15) is 0 Å². The number of Topliss-reactive ketones (excluding diaryl/α,β-unsaturated/α-hetero) is 1. The quantitative estimate of drug-likeness (QED) is 0.536. The number of fused-ring (bicyclic) bond motifs is 5. The van der Waals surface area contributed by atoms with Crippen LogP contribution in [0.5, 0.6) is 0 Å². The Balaban J connectivity index is 1.67. The molecule has 0 heterocycles. The highest BCUT2D eigenvalue weighted by Crippen LogP contribution is 2.65. The molecule has 21 heavy (non-hydrogen) atoms. The number of rotatable bonds is 0. The highest BCUT2D eigenvalue weighted by atomic mass is 79.9. The predicted molar refractivity (Wildman–Crippen MR) is 89.4 cm³/mol. The van der Waals surface area contributed by atoms with Gasteiger partial charge in [-0.3, -0.25) is 4.79 Å². The maximum atomic E-state index is 12.7. The summed E-state index contributed by atoms with van der Waals surface area (Å²) >= 11 is 3.68. The first-order valence-electron chi connectivity index (χ1n) is 9.15. The second-order valence-electron chi connectivity index (χ2n) is 8.93. The van der Waals surface area contributed by atoms with Crippen molar-refractivity contribution >= 4 is 21.7 Å². The standard InChI is InChI=1S/C19H29BrO/c1-18-9-4-3-5-12(18)6-7-13-14(18)8-10-19(2)15(13)11-16(20)17(19)21/h12-16H,3-11H2,1-2H3/t12?,13-,14+,15+,16+,18+,19+/m1/s1. The average molecular weight is 353 g/mol. The van der Waals surface area contributed by atoms with Crippen LogP contribution in [0, 0.1) is 34.5 Å². The zero-order chi connectivity index (χ0) is 14.8. The molecule has 118 valence electrons. The zero-order valence-corrected chi connectivity index (χ0v) is 15.1. The summed E-state index contributed by atoms with van der Waals surface area (Å²) in [7, 11) is 0. The van der Waals surface area contributed by atoms with E-state index in [1.165, 1.54) is 44.9 Å². The lowest BCUT2D eigenvalue weighted by molar-refractivity contribution is -0.138. The Morgan fingerprint density at radius 2 is 1.81 bits per heavy atom. The minimum atomic E-state index is -0.00675. The number of carbonyl (C=O) groups excluding carboxylic acids is 1. The summed E-state index contributed by atoms with van der Waals surface area (Å²) in [6.45, 7) is 4.89. The largest absolute Gasteiger partial charge is 0.298 e. The molecule has 2 heteroatoms. The first kappa shape index (κ1) is 14.7. The lowest BCUT2D eigenvalue weighted by Crippen LogP contribution is -2.52. The lowest BCUT2D eigenvalue weighted by Gasteiger charge is -2.59. The van der Waals surface area contributed by atoms with Gasteiger partial charge >= 0.3 is 0 Å². The summed E-state index contributed by atoms with van der Waals surface area (Å²) in [6, 6.07) is 0. The fourth-order valence-corrected chi connectivity index (χ4v) is 7.97. The van der Waals surface area contributed by atoms with Crippen molar-refractivity contribution in [3.63, 3.8) is 0 Å².